The van der Waals surface area contributed by atoms with E-state index >= 15 is 0 Å². The summed E-state index contributed by atoms with van der Waals surface area (Å²) in [4.78, 5) is 14.7. The molecule has 1 aliphatic rings. The molecule has 1 aliphatic heterocycles. The summed E-state index contributed by atoms with van der Waals surface area (Å²) in [5.74, 6) is 0.819. The second-order valence-corrected chi connectivity index (χ2v) is 6.15. The lowest BCUT2D eigenvalue weighted by atomic mass is 9.89. The van der Waals surface area contributed by atoms with Gasteiger partial charge in [-0.05, 0) is 24.7 Å². The highest BCUT2D eigenvalue weighted by atomic mass is 32.1. The van der Waals surface area contributed by atoms with E-state index in [2.05, 4.69) is 6.92 Å². The van der Waals surface area contributed by atoms with Gasteiger partial charge in [-0.3, -0.25) is 4.79 Å². The Bertz CT molecular complexity index is 296. The van der Waals surface area contributed by atoms with Crippen molar-refractivity contribution in [2.24, 2.45) is 23.5 Å². The molecular formula is C14H26N2OS. The van der Waals surface area contributed by atoms with E-state index < -0.39 is 0 Å². The molecule has 104 valence electrons. The van der Waals surface area contributed by atoms with Crippen molar-refractivity contribution >= 4 is 23.1 Å². The maximum atomic E-state index is 12.4. The first-order chi connectivity index (χ1) is 8.47. The topological polar surface area (TPSA) is 46.3 Å². The number of carbonyl (C=O) groups excluding carboxylic acids is 1. The van der Waals surface area contributed by atoms with Gasteiger partial charge in [-0.1, -0.05) is 45.8 Å². The Morgan fingerprint density at radius 3 is 2.33 bits per heavy atom. The number of piperidine rings is 1. The Labute approximate surface area is 116 Å². The van der Waals surface area contributed by atoms with Crippen molar-refractivity contribution in [3.63, 3.8) is 0 Å². The van der Waals surface area contributed by atoms with Crippen LogP contribution in [0.1, 0.15) is 46.5 Å². The van der Waals surface area contributed by atoms with E-state index in [-0.39, 0.29) is 17.7 Å². The molecule has 1 unspecified atom stereocenters. The molecule has 1 amide bonds. The first-order valence-corrected chi connectivity index (χ1v) is 7.46. The number of amides is 1. The largest absolute Gasteiger partial charge is 0.393 e. The number of thiocarbonyl (C=S) groups is 1. The molecule has 0 radical (unpaired) electrons. The van der Waals surface area contributed by atoms with Crippen LogP contribution in [-0.4, -0.2) is 28.9 Å². The highest BCUT2D eigenvalue weighted by Crippen LogP contribution is 2.24. The van der Waals surface area contributed by atoms with Gasteiger partial charge >= 0.3 is 0 Å². The van der Waals surface area contributed by atoms with E-state index in [4.69, 9.17) is 18.0 Å². The van der Waals surface area contributed by atoms with E-state index in [1.54, 1.807) is 0 Å². The fourth-order valence-corrected chi connectivity index (χ4v) is 3.16. The molecule has 0 bridgehead atoms. The fourth-order valence-electron chi connectivity index (χ4n) is 2.78. The summed E-state index contributed by atoms with van der Waals surface area (Å²) < 4.78 is 0. The first kappa shape index (κ1) is 15.4. The fraction of sp³-hybridized carbons (Fsp3) is 0.857. The monoisotopic (exact) mass is 270 g/mol. The number of nitrogens with zero attached hydrogens (tertiary/aromatic N) is 1. The lowest BCUT2D eigenvalue weighted by Gasteiger charge is -2.35. The molecule has 1 rings (SSSR count). The van der Waals surface area contributed by atoms with Crippen molar-refractivity contribution in [2.75, 3.05) is 13.1 Å². The zero-order chi connectivity index (χ0) is 13.7. The molecule has 1 saturated heterocycles. The van der Waals surface area contributed by atoms with Crippen molar-refractivity contribution in [1.82, 2.24) is 4.90 Å². The maximum absolute atomic E-state index is 12.4. The van der Waals surface area contributed by atoms with E-state index in [1.165, 1.54) is 12.8 Å². The number of nitrogens with two attached hydrogens (primary N) is 1. The second kappa shape index (κ2) is 7.07. The predicted molar refractivity (Wildman–Crippen MR) is 79.3 cm³/mol. The average Bonchev–Trinajstić information content (AvgIpc) is 2.29. The average molecular weight is 270 g/mol. The van der Waals surface area contributed by atoms with Crippen LogP contribution in [0.15, 0.2) is 0 Å². The van der Waals surface area contributed by atoms with Crippen LogP contribution in [0, 0.1) is 17.8 Å². The van der Waals surface area contributed by atoms with Crippen molar-refractivity contribution in [3.05, 3.63) is 0 Å². The van der Waals surface area contributed by atoms with Gasteiger partial charge in [0.15, 0.2) is 0 Å². The highest BCUT2D eigenvalue weighted by molar-refractivity contribution is 7.80. The van der Waals surface area contributed by atoms with Gasteiger partial charge in [-0.2, -0.15) is 0 Å². The van der Waals surface area contributed by atoms with Gasteiger partial charge in [0.2, 0.25) is 5.91 Å². The van der Waals surface area contributed by atoms with Crippen molar-refractivity contribution in [2.45, 2.75) is 46.5 Å². The van der Waals surface area contributed by atoms with Gasteiger partial charge in [0, 0.05) is 13.1 Å². The first-order valence-electron chi connectivity index (χ1n) is 7.05. The van der Waals surface area contributed by atoms with Crippen molar-refractivity contribution in [1.29, 1.82) is 0 Å². The number of likely N-dealkylation sites (tertiary alicyclic amines) is 1. The van der Waals surface area contributed by atoms with Crippen LogP contribution >= 0.6 is 12.2 Å². The highest BCUT2D eigenvalue weighted by Gasteiger charge is 2.31. The lowest BCUT2D eigenvalue weighted by Crippen LogP contribution is -2.46. The van der Waals surface area contributed by atoms with Crippen molar-refractivity contribution < 1.29 is 4.79 Å². The number of hydrogen-bond acceptors (Lipinski definition) is 2. The Morgan fingerprint density at radius 1 is 1.39 bits per heavy atom. The molecule has 1 fully saturated rings. The minimum Gasteiger partial charge on any atom is -0.393 e. The molecule has 3 nitrogen and oxygen atoms in total. The number of hydrogen-bond donors (Lipinski definition) is 1. The van der Waals surface area contributed by atoms with Gasteiger partial charge in [0.1, 0.15) is 0 Å². The van der Waals surface area contributed by atoms with Crippen LogP contribution in [0.4, 0.5) is 0 Å². The Morgan fingerprint density at radius 2 is 1.94 bits per heavy atom. The van der Waals surface area contributed by atoms with Gasteiger partial charge in [-0.15, -0.1) is 0 Å². The van der Waals surface area contributed by atoms with E-state index in [1.807, 2.05) is 18.7 Å². The SMILES string of the molecule is CCCC1CCN(C(=O)C(C(N)=S)C(C)C)CC1. The van der Waals surface area contributed by atoms with Crippen LogP contribution in [0.3, 0.4) is 0 Å². The molecule has 4 heteroatoms. The van der Waals surface area contributed by atoms with Crippen LogP contribution < -0.4 is 5.73 Å². The van der Waals surface area contributed by atoms with Crippen molar-refractivity contribution in [3.8, 4) is 0 Å². The molecule has 18 heavy (non-hydrogen) atoms. The summed E-state index contributed by atoms with van der Waals surface area (Å²) in [5, 5.41) is 0. The molecule has 0 aromatic heterocycles. The lowest BCUT2D eigenvalue weighted by molar-refractivity contribution is -0.135. The summed E-state index contributed by atoms with van der Waals surface area (Å²) in [5.41, 5.74) is 5.70. The molecule has 1 heterocycles. The molecular weight excluding hydrogens is 244 g/mol. The molecule has 0 aliphatic carbocycles. The zero-order valence-electron chi connectivity index (χ0n) is 11.8. The quantitative estimate of drug-likeness (QED) is 0.781. The maximum Gasteiger partial charge on any atom is 0.232 e. The third-order valence-electron chi connectivity index (χ3n) is 3.86. The summed E-state index contributed by atoms with van der Waals surface area (Å²) in [6.07, 6.45) is 4.77. The normalized spacial score (nSPS) is 19.0. The third kappa shape index (κ3) is 3.94. The zero-order valence-corrected chi connectivity index (χ0v) is 12.6. The van der Waals surface area contributed by atoms with Gasteiger partial charge in [-0.25, -0.2) is 0 Å². The summed E-state index contributed by atoms with van der Waals surface area (Å²) in [7, 11) is 0. The van der Waals surface area contributed by atoms with Crippen LogP contribution in [0.25, 0.3) is 0 Å². The third-order valence-corrected chi connectivity index (χ3v) is 4.12. The van der Waals surface area contributed by atoms with Gasteiger partial charge < -0.3 is 10.6 Å². The number of carbonyl (C=O) groups is 1. The van der Waals surface area contributed by atoms with Crippen LogP contribution in [-0.2, 0) is 4.79 Å². The minimum atomic E-state index is -0.289. The Hall–Kier alpha value is -0.640. The standard InChI is InChI=1S/C14H26N2OS/c1-4-5-11-6-8-16(9-7-11)14(17)12(10(2)3)13(15)18/h10-12H,4-9H2,1-3H3,(H2,15,18). The summed E-state index contributed by atoms with van der Waals surface area (Å²) in [6, 6.07) is 0. The summed E-state index contributed by atoms with van der Waals surface area (Å²) >= 11 is 5.03. The smallest absolute Gasteiger partial charge is 0.232 e. The molecule has 2 N–H and O–H groups in total. The second-order valence-electron chi connectivity index (χ2n) is 5.68. The molecule has 0 aromatic carbocycles. The molecule has 0 spiro atoms. The minimum absolute atomic E-state index is 0.132. The molecule has 0 aromatic rings. The Balaban J connectivity index is 2.55. The molecule has 1 atom stereocenters. The summed E-state index contributed by atoms with van der Waals surface area (Å²) in [6.45, 7) is 7.97. The van der Waals surface area contributed by atoms with Crippen LogP contribution in [0.5, 0.6) is 0 Å². The number of rotatable bonds is 5. The predicted octanol–water partition coefficient (Wildman–Crippen LogP) is 2.58. The van der Waals surface area contributed by atoms with E-state index in [9.17, 15) is 4.79 Å². The van der Waals surface area contributed by atoms with Crippen LogP contribution in [0.2, 0.25) is 0 Å². The molecule has 0 saturated carbocycles. The van der Waals surface area contributed by atoms with Gasteiger partial charge in [0.05, 0.1) is 10.9 Å². The van der Waals surface area contributed by atoms with E-state index in [0.717, 1.165) is 31.8 Å². The Kier molecular flexibility index (Phi) is 6.06. The van der Waals surface area contributed by atoms with E-state index in [0.29, 0.717) is 4.99 Å². The van der Waals surface area contributed by atoms with Gasteiger partial charge in [0.25, 0.3) is 0 Å².